The van der Waals surface area contributed by atoms with Crippen LogP contribution in [0.3, 0.4) is 0 Å². The number of pyridine rings is 1. The number of rotatable bonds is 5. The van der Waals surface area contributed by atoms with Crippen LogP contribution < -0.4 is 11.1 Å². The molecule has 12 heteroatoms. The number of anilines is 2. The molecule has 11 nitrogen and oxygen atoms in total. The van der Waals surface area contributed by atoms with E-state index in [-0.39, 0.29) is 29.8 Å². The number of carbonyl (C=O) groups excluding carboxylic acids is 1. The lowest BCUT2D eigenvalue weighted by molar-refractivity contribution is 0.0604. The first-order chi connectivity index (χ1) is 19.2. The van der Waals surface area contributed by atoms with Gasteiger partial charge in [-0.3, -0.25) is 9.78 Å². The van der Waals surface area contributed by atoms with E-state index in [1.165, 1.54) is 17.2 Å². The van der Waals surface area contributed by atoms with Gasteiger partial charge in [0, 0.05) is 36.9 Å². The number of likely N-dealkylation sites (tertiary alicyclic amines) is 1. The van der Waals surface area contributed by atoms with Gasteiger partial charge >= 0.3 is 6.09 Å². The summed E-state index contributed by atoms with van der Waals surface area (Å²) in [6.07, 6.45) is 2.42. The fraction of sp³-hybridized carbons (Fsp3) is 0.379. The first-order valence-corrected chi connectivity index (χ1v) is 14.9. The van der Waals surface area contributed by atoms with Crippen LogP contribution in [0.4, 0.5) is 16.2 Å². The predicted molar refractivity (Wildman–Crippen MR) is 157 cm³/mol. The van der Waals surface area contributed by atoms with Crippen molar-refractivity contribution in [3.8, 4) is 0 Å². The zero-order valence-corrected chi connectivity index (χ0v) is 24.5. The maximum absolute atomic E-state index is 14.1. The summed E-state index contributed by atoms with van der Waals surface area (Å²) in [5.74, 6) is -0.705. The molecule has 1 aliphatic rings. The zero-order chi connectivity index (χ0) is 29.9. The van der Waals surface area contributed by atoms with Crippen molar-refractivity contribution in [2.45, 2.75) is 56.7 Å². The number of fused-ring (bicyclic) bond motifs is 2. The van der Waals surface area contributed by atoms with E-state index in [9.17, 15) is 23.1 Å². The molecule has 2 aromatic carbocycles. The molecule has 4 aromatic rings. The standard InChI is InChI=1S/C29H34N6O5S/c1-16-10-19(41(39,40)18-8-9-35(28(37)38)24(13-18)29(2,3)4)12-20-25(16)31-14-21(27(30)36)26(20)33-17-6-7-22-23(11-17)34(5)15-32-22/h6-7,10-12,14-15,18,24H,8-9,13H2,1-5H3,(H2,30,36)(H,31,33)(H,37,38). The largest absolute Gasteiger partial charge is 0.465 e. The second-order valence-electron chi connectivity index (χ2n) is 11.8. The molecular formula is C29H34N6O5S. The van der Waals surface area contributed by atoms with E-state index >= 15 is 0 Å². The molecule has 0 aliphatic carbocycles. The number of sulfone groups is 1. The number of primary amides is 1. The van der Waals surface area contributed by atoms with Crippen LogP contribution in [0, 0.1) is 12.3 Å². The lowest BCUT2D eigenvalue weighted by Gasteiger charge is -2.44. The van der Waals surface area contributed by atoms with Gasteiger partial charge in [-0.25, -0.2) is 18.2 Å². The number of benzene rings is 2. The number of nitrogens with zero attached hydrogens (tertiary/aromatic N) is 4. The van der Waals surface area contributed by atoms with Gasteiger partial charge in [-0.2, -0.15) is 0 Å². The smallest absolute Gasteiger partial charge is 0.407 e. The van der Waals surface area contributed by atoms with Crippen LogP contribution in [-0.2, 0) is 16.9 Å². The summed E-state index contributed by atoms with van der Waals surface area (Å²) in [5.41, 5.74) is 9.26. The Morgan fingerprint density at radius 2 is 1.88 bits per heavy atom. The molecule has 1 aliphatic heterocycles. The first-order valence-electron chi connectivity index (χ1n) is 13.3. The van der Waals surface area contributed by atoms with Crippen molar-refractivity contribution >= 4 is 55.1 Å². The number of nitrogens with two attached hydrogens (primary N) is 1. The van der Waals surface area contributed by atoms with Gasteiger partial charge in [0.2, 0.25) is 0 Å². The van der Waals surface area contributed by atoms with E-state index in [1.807, 2.05) is 50.6 Å². The minimum absolute atomic E-state index is 0.0949. The van der Waals surface area contributed by atoms with Crippen LogP contribution in [0.5, 0.6) is 0 Å². The van der Waals surface area contributed by atoms with Gasteiger partial charge in [0.15, 0.2) is 9.84 Å². The molecule has 3 heterocycles. The lowest BCUT2D eigenvalue weighted by Crippen LogP contribution is -2.54. The highest BCUT2D eigenvalue weighted by molar-refractivity contribution is 7.92. The van der Waals surface area contributed by atoms with E-state index in [0.717, 1.165) is 11.0 Å². The molecule has 4 N–H and O–H groups in total. The Hall–Kier alpha value is -4.19. The Balaban J connectivity index is 1.62. The maximum atomic E-state index is 14.1. The zero-order valence-electron chi connectivity index (χ0n) is 23.7. The topological polar surface area (TPSA) is 161 Å². The van der Waals surface area contributed by atoms with E-state index in [4.69, 9.17) is 5.73 Å². The Kier molecular flexibility index (Phi) is 6.93. The first kappa shape index (κ1) is 28.3. The van der Waals surface area contributed by atoms with Crippen LogP contribution in [-0.4, -0.2) is 62.8 Å². The molecule has 2 amide bonds. The van der Waals surface area contributed by atoms with E-state index < -0.39 is 38.5 Å². The van der Waals surface area contributed by atoms with Crippen LogP contribution in [0.25, 0.3) is 21.9 Å². The van der Waals surface area contributed by atoms with Crippen LogP contribution in [0.15, 0.2) is 47.8 Å². The third-order valence-corrected chi connectivity index (χ3v) is 10.2. The number of nitrogens with one attached hydrogen (secondary N) is 1. The summed E-state index contributed by atoms with van der Waals surface area (Å²) in [7, 11) is -1.99. The highest BCUT2D eigenvalue weighted by Gasteiger charge is 2.43. The number of hydrogen-bond donors (Lipinski definition) is 3. The summed E-state index contributed by atoms with van der Waals surface area (Å²) in [6.45, 7) is 7.65. The Morgan fingerprint density at radius 3 is 2.54 bits per heavy atom. The average molecular weight is 579 g/mol. The van der Waals surface area contributed by atoms with Crippen molar-refractivity contribution in [1.82, 2.24) is 19.4 Å². The van der Waals surface area contributed by atoms with Crippen molar-refractivity contribution < 1.29 is 23.1 Å². The monoisotopic (exact) mass is 578 g/mol. The maximum Gasteiger partial charge on any atom is 0.407 e. The second-order valence-corrected chi connectivity index (χ2v) is 14.0. The normalized spacial score (nSPS) is 18.1. The molecular weight excluding hydrogens is 544 g/mol. The van der Waals surface area contributed by atoms with E-state index in [2.05, 4.69) is 15.3 Å². The van der Waals surface area contributed by atoms with Crippen molar-refractivity contribution in [1.29, 1.82) is 0 Å². The molecule has 41 heavy (non-hydrogen) atoms. The van der Waals surface area contributed by atoms with E-state index in [0.29, 0.717) is 27.8 Å². The van der Waals surface area contributed by atoms with Gasteiger partial charge in [0.25, 0.3) is 5.91 Å². The van der Waals surface area contributed by atoms with Crippen molar-refractivity contribution in [3.05, 3.63) is 54.0 Å². The number of aryl methyl sites for hydroxylation is 2. The SMILES string of the molecule is Cc1cc(S(=O)(=O)C2CCN(C(=O)O)C(C(C)(C)C)C2)cc2c(Nc3ccc4ncn(C)c4c3)c(C(N)=O)cnc12. The van der Waals surface area contributed by atoms with Gasteiger partial charge < -0.3 is 25.6 Å². The van der Waals surface area contributed by atoms with Gasteiger partial charge in [-0.1, -0.05) is 20.8 Å². The number of amides is 2. The number of hydrogen-bond acceptors (Lipinski definition) is 7. The number of aromatic nitrogens is 3. The van der Waals surface area contributed by atoms with Crippen LogP contribution in [0.1, 0.15) is 49.5 Å². The van der Waals surface area contributed by atoms with Gasteiger partial charge in [-0.05, 0) is 61.1 Å². The molecule has 0 spiro atoms. The highest BCUT2D eigenvalue weighted by Crippen LogP contribution is 2.38. The Morgan fingerprint density at radius 1 is 1.15 bits per heavy atom. The van der Waals surface area contributed by atoms with E-state index in [1.54, 1.807) is 19.3 Å². The summed E-state index contributed by atoms with van der Waals surface area (Å²) >= 11 is 0. The Labute approximate surface area is 238 Å². The lowest BCUT2D eigenvalue weighted by atomic mass is 9.80. The number of imidazole rings is 1. The van der Waals surface area contributed by atoms with Crippen LogP contribution in [0.2, 0.25) is 0 Å². The number of carbonyl (C=O) groups is 2. The summed E-state index contributed by atoms with van der Waals surface area (Å²) in [4.78, 5) is 34.6. The van der Waals surface area contributed by atoms with Crippen molar-refractivity contribution in [3.63, 3.8) is 0 Å². The van der Waals surface area contributed by atoms with Crippen LogP contribution >= 0.6 is 0 Å². The third kappa shape index (κ3) is 5.08. The quantitative estimate of drug-likeness (QED) is 0.310. The summed E-state index contributed by atoms with van der Waals surface area (Å²) in [6, 6.07) is 8.23. The molecule has 2 unspecified atom stereocenters. The third-order valence-electron chi connectivity index (χ3n) is 7.96. The number of piperidine rings is 1. The van der Waals surface area contributed by atoms with Crippen molar-refractivity contribution in [2.75, 3.05) is 11.9 Å². The molecule has 1 saturated heterocycles. The minimum Gasteiger partial charge on any atom is -0.465 e. The van der Waals surface area contributed by atoms with Gasteiger partial charge in [-0.15, -0.1) is 0 Å². The molecule has 5 rings (SSSR count). The molecule has 2 aromatic heterocycles. The Bertz CT molecular complexity index is 1810. The molecule has 0 bridgehead atoms. The molecule has 216 valence electrons. The fourth-order valence-corrected chi connectivity index (χ4v) is 7.60. The summed E-state index contributed by atoms with van der Waals surface area (Å²) < 4.78 is 30.0. The van der Waals surface area contributed by atoms with Gasteiger partial charge in [0.1, 0.15) is 0 Å². The minimum atomic E-state index is -3.87. The van der Waals surface area contributed by atoms with Gasteiger partial charge in [0.05, 0.1) is 44.3 Å². The van der Waals surface area contributed by atoms with Crippen molar-refractivity contribution in [2.24, 2.45) is 18.2 Å². The molecule has 0 radical (unpaired) electrons. The number of carboxylic acid groups (broad SMARTS) is 1. The predicted octanol–water partition coefficient (Wildman–Crippen LogP) is 4.60. The second kappa shape index (κ2) is 10.0. The highest BCUT2D eigenvalue weighted by atomic mass is 32.2. The molecule has 1 fully saturated rings. The molecule has 0 saturated carbocycles. The fourth-order valence-electron chi connectivity index (χ4n) is 5.74. The summed E-state index contributed by atoms with van der Waals surface area (Å²) in [5, 5.41) is 12.7. The average Bonchev–Trinajstić information content (AvgIpc) is 3.27. The molecule has 2 atom stereocenters.